The van der Waals surface area contributed by atoms with E-state index in [4.69, 9.17) is 11.6 Å². The normalized spacial score (nSPS) is 15.7. The van der Waals surface area contributed by atoms with E-state index in [0.717, 1.165) is 16.5 Å². The average Bonchev–Trinajstić information content (AvgIpc) is 3.16. The SMILES string of the molecule is O=C(c1cc2cc(Cl)ccc2[nH]1)N1CCN(S(=O)(=O)CCc2ccccc2)CC1. The van der Waals surface area contributed by atoms with E-state index in [0.29, 0.717) is 43.3 Å². The van der Waals surface area contributed by atoms with Crippen LogP contribution in [0, 0.1) is 0 Å². The van der Waals surface area contributed by atoms with Crippen LogP contribution in [0.3, 0.4) is 0 Å². The lowest BCUT2D eigenvalue weighted by molar-refractivity contribution is 0.0693. The van der Waals surface area contributed by atoms with Crippen molar-refractivity contribution < 1.29 is 13.2 Å². The van der Waals surface area contributed by atoms with Crippen molar-refractivity contribution in [3.63, 3.8) is 0 Å². The van der Waals surface area contributed by atoms with Crippen LogP contribution in [0.25, 0.3) is 10.9 Å². The second kappa shape index (κ2) is 8.18. The van der Waals surface area contributed by atoms with E-state index in [9.17, 15) is 13.2 Å². The summed E-state index contributed by atoms with van der Waals surface area (Å²) in [6.07, 6.45) is 0.486. The fraction of sp³-hybridized carbons (Fsp3) is 0.286. The number of aromatic nitrogens is 1. The fourth-order valence-corrected chi connectivity index (χ4v) is 5.23. The smallest absolute Gasteiger partial charge is 0.270 e. The van der Waals surface area contributed by atoms with Gasteiger partial charge in [-0.3, -0.25) is 4.79 Å². The maximum atomic E-state index is 12.8. The number of sulfonamides is 1. The van der Waals surface area contributed by atoms with E-state index in [1.54, 1.807) is 23.1 Å². The predicted octanol–water partition coefficient (Wildman–Crippen LogP) is 3.15. The van der Waals surface area contributed by atoms with Crippen LogP contribution in [0.1, 0.15) is 16.1 Å². The van der Waals surface area contributed by atoms with Crippen molar-refractivity contribution >= 4 is 38.4 Å². The molecule has 0 bridgehead atoms. The Bertz CT molecular complexity index is 1120. The second-order valence-electron chi connectivity index (χ2n) is 7.16. The minimum Gasteiger partial charge on any atom is -0.351 e. The van der Waals surface area contributed by atoms with Crippen molar-refractivity contribution in [2.24, 2.45) is 0 Å². The summed E-state index contributed by atoms with van der Waals surface area (Å²) in [5.74, 6) is -0.0491. The number of aromatic amines is 1. The van der Waals surface area contributed by atoms with Gasteiger partial charge in [-0.05, 0) is 36.2 Å². The first-order chi connectivity index (χ1) is 13.9. The molecule has 1 aliphatic heterocycles. The van der Waals surface area contributed by atoms with E-state index >= 15 is 0 Å². The van der Waals surface area contributed by atoms with Crippen LogP contribution in [0.2, 0.25) is 5.02 Å². The number of hydrogen-bond donors (Lipinski definition) is 1. The van der Waals surface area contributed by atoms with Crippen LogP contribution in [-0.2, 0) is 16.4 Å². The van der Waals surface area contributed by atoms with Crippen molar-refractivity contribution in [1.29, 1.82) is 0 Å². The van der Waals surface area contributed by atoms with Crippen molar-refractivity contribution in [1.82, 2.24) is 14.2 Å². The first kappa shape index (κ1) is 19.9. The maximum absolute atomic E-state index is 12.8. The number of H-pyrrole nitrogens is 1. The van der Waals surface area contributed by atoms with Gasteiger partial charge in [0.15, 0.2) is 0 Å². The molecule has 1 fully saturated rings. The zero-order chi connectivity index (χ0) is 20.4. The number of aryl methyl sites for hydroxylation is 1. The first-order valence-corrected chi connectivity index (χ1v) is 11.5. The fourth-order valence-electron chi connectivity index (χ4n) is 3.58. The Morgan fingerprint density at radius 3 is 2.45 bits per heavy atom. The minimum atomic E-state index is -3.35. The number of benzene rings is 2. The van der Waals surface area contributed by atoms with Gasteiger partial charge in [0, 0.05) is 42.1 Å². The van der Waals surface area contributed by atoms with Gasteiger partial charge in [0.2, 0.25) is 10.0 Å². The van der Waals surface area contributed by atoms with E-state index in [-0.39, 0.29) is 11.7 Å². The molecule has 29 heavy (non-hydrogen) atoms. The molecule has 1 amide bonds. The lowest BCUT2D eigenvalue weighted by atomic mass is 10.2. The van der Waals surface area contributed by atoms with Gasteiger partial charge in [0.25, 0.3) is 5.91 Å². The molecule has 0 aliphatic carbocycles. The monoisotopic (exact) mass is 431 g/mol. The van der Waals surface area contributed by atoms with E-state index in [2.05, 4.69) is 4.98 Å². The zero-order valence-electron chi connectivity index (χ0n) is 15.8. The van der Waals surface area contributed by atoms with Crippen molar-refractivity contribution in [2.45, 2.75) is 6.42 Å². The number of carbonyl (C=O) groups excluding carboxylic acids is 1. The Hall–Kier alpha value is -2.35. The molecular formula is C21H22ClN3O3S. The van der Waals surface area contributed by atoms with Crippen LogP contribution in [0.5, 0.6) is 0 Å². The molecule has 0 unspecified atom stereocenters. The summed E-state index contributed by atoms with van der Waals surface area (Å²) in [4.78, 5) is 17.6. The Labute approximate surface area is 175 Å². The summed E-state index contributed by atoms with van der Waals surface area (Å²) in [5, 5.41) is 1.49. The van der Waals surface area contributed by atoms with Gasteiger partial charge in [0.1, 0.15) is 5.69 Å². The topological polar surface area (TPSA) is 73.5 Å². The molecule has 3 aromatic rings. The van der Waals surface area contributed by atoms with Crippen LogP contribution >= 0.6 is 11.6 Å². The minimum absolute atomic E-state index is 0.0771. The van der Waals surface area contributed by atoms with E-state index in [1.807, 2.05) is 36.4 Å². The molecule has 0 radical (unpaired) electrons. The highest BCUT2D eigenvalue weighted by molar-refractivity contribution is 7.89. The summed E-state index contributed by atoms with van der Waals surface area (Å²) in [7, 11) is -3.35. The van der Waals surface area contributed by atoms with Crippen LogP contribution < -0.4 is 0 Å². The number of halogens is 1. The van der Waals surface area contributed by atoms with Crippen molar-refractivity contribution in [2.75, 3.05) is 31.9 Å². The van der Waals surface area contributed by atoms with Gasteiger partial charge in [-0.1, -0.05) is 41.9 Å². The molecule has 1 saturated heterocycles. The zero-order valence-corrected chi connectivity index (χ0v) is 17.4. The number of piperazine rings is 1. The summed E-state index contributed by atoms with van der Waals surface area (Å²) >= 11 is 6.01. The largest absolute Gasteiger partial charge is 0.351 e. The summed E-state index contributed by atoms with van der Waals surface area (Å²) in [6, 6.07) is 16.8. The van der Waals surface area contributed by atoms with Crippen molar-refractivity contribution in [3.8, 4) is 0 Å². The molecule has 1 aromatic heterocycles. The Morgan fingerprint density at radius 1 is 1.00 bits per heavy atom. The number of fused-ring (bicyclic) bond motifs is 1. The third-order valence-corrected chi connectivity index (χ3v) is 7.33. The number of amides is 1. The number of nitrogens with one attached hydrogen (secondary N) is 1. The Morgan fingerprint density at radius 2 is 1.72 bits per heavy atom. The third-order valence-electron chi connectivity index (χ3n) is 5.22. The summed E-state index contributed by atoms with van der Waals surface area (Å²) < 4.78 is 26.8. The molecular weight excluding hydrogens is 410 g/mol. The Balaban J connectivity index is 1.37. The molecule has 2 aromatic carbocycles. The second-order valence-corrected chi connectivity index (χ2v) is 9.68. The molecule has 8 heteroatoms. The number of rotatable bonds is 5. The maximum Gasteiger partial charge on any atom is 0.270 e. The van der Waals surface area contributed by atoms with Crippen LogP contribution in [0.4, 0.5) is 0 Å². The molecule has 0 atom stereocenters. The van der Waals surface area contributed by atoms with Crippen LogP contribution in [0.15, 0.2) is 54.6 Å². The molecule has 1 N–H and O–H groups in total. The highest BCUT2D eigenvalue weighted by Crippen LogP contribution is 2.21. The highest BCUT2D eigenvalue weighted by atomic mass is 35.5. The third kappa shape index (κ3) is 4.47. The molecule has 2 heterocycles. The molecule has 0 saturated carbocycles. The van der Waals surface area contributed by atoms with Gasteiger partial charge in [-0.15, -0.1) is 0 Å². The molecule has 152 valence electrons. The molecule has 4 rings (SSSR count). The lowest BCUT2D eigenvalue weighted by Gasteiger charge is -2.33. The van der Waals surface area contributed by atoms with Gasteiger partial charge in [-0.2, -0.15) is 4.31 Å². The average molecular weight is 432 g/mol. The summed E-state index contributed by atoms with van der Waals surface area (Å²) in [6.45, 7) is 1.38. The summed E-state index contributed by atoms with van der Waals surface area (Å²) in [5.41, 5.74) is 2.34. The Kier molecular flexibility index (Phi) is 5.63. The van der Waals surface area contributed by atoms with E-state index < -0.39 is 10.0 Å². The van der Waals surface area contributed by atoms with Gasteiger partial charge >= 0.3 is 0 Å². The number of nitrogens with zero attached hydrogens (tertiary/aromatic N) is 2. The van der Waals surface area contributed by atoms with Gasteiger partial charge < -0.3 is 9.88 Å². The molecule has 0 spiro atoms. The molecule has 1 aliphatic rings. The molecule has 6 nitrogen and oxygen atoms in total. The van der Waals surface area contributed by atoms with E-state index in [1.165, 1.54) is 4.31 Å². The number of hydrogen-bond acceptors (Lipinski definition) is 3. The predicted molar refractivity (Wildman–Crippen MR) is 115 cm³/mol. The standard InChI is InChI=1S/C21H22ClN3O3S/c22-18-6-7-19-17(14-18)15-20(23-19)21(26)24-9-11-25(12-10-24)29(27,28)13-8-16-4-2-1-3-5-16/h1-7,14-15,23H,8-13H2. The van der Waals surface area contributed by atoms with Crippen molar-refractivity contribution in [3.05, 3.63) is 70.9 Å². The first-order valence-electron chi connectivity index (χ1n) is 9.52. The lowest BCUT2D eigenvalue weighted by Crippen LogP contribution is -2.51. The van der Waals surface area contributed by atoms with Crippen LogP contribution in [-0.4, -0.2) is 60.4 Å². The highest BCUT2D eigenvalue weighted by Gasteiger charge is 2.29. The van der Waals surface area contributed by atoms with Gasteiger partial charge in [0.05, 0.1) is 5.75 Å². The quantitative estimate of drug-likeness (QED) is 0.674. The van der Waals surface area contributed by atoms with Gasteiger partial charge in [-0.25, -0.2) is 8.42 Å². The number of carbonyl (C=O) groups is 1.